The van der Waals surface area contributed by atoms with Crippen LogP contribution in [0.15, 0.2) is 17.7 Å². The number of aromatic hydroxyl groups is 1. The summed E-state index contributed by atoms with van der Waals surface area (Å²) in [5.41, 5.74) is 1.32. The minimum atomic E-state index is -0.305. The van der Waals surface area contributed by atoms with Crippen LogP contribution in [0.4, 0.5) is 0 Å². The van der Waals surface area contributed by atoms with E-state index >= 15 is 0 Å². The number of hydrogen-bond acceptors (Lipinski definition) is 5. The summed E-state index contributed by atoms with van der Waals surface area (Å²) in [6.07, 6.45) is 2.30. The first-order valence-electron chi connectivity index (χ1n) is 5.48. The molecule has 96 valence electrons. The van der Waals surface area contributed by atoms with Crippen molar-refractivity contribution >= 4 is 12.0 Å². The maximum Gasteiger partial charge on any atom is 0.334 e. The van der Waals surface area contributed by atoms with Crippen molar-refractivity contribution in [2.24, 2.45) is 0 Å². The number of hydrogen-bond donors (Lipinski definition) is 1. The fraction of sp³-hybridized carbons (Fsp3) is 0.308. The molecule has 1 fully saturated rings. The Morgan fingerprint density at radius 2 is 1.89 bits per heavy atom. The van der Waals surface area contributed by atoms with E-state index in [2.05, 4.69) is 0 Å². The van der Waals surface area contributed by atoms with Crippen molar-refractivity contribution in [1.29, 1.82) is 0 Å². The Labute approximate surface area is 105 Å². The van der Waals surface area contributed by atoms with Gasteiger partial charge in [-0.2, -0.15) is 0 Å². The van der Waals surface area contributed by atoms with Gasteiger partial charge in [-0.25, -0.2) is 4.79 Å². The fourth-order valence-corrected chi connectivity index (χ4v) is 1.78. The van der Waals surface area contributed by atoms with Gasteiger partial charge in [-0.15, -0.1) is 0 Å². The van der Waals surface area contributed by atoms with Gasteiger partial charge < -0.3 is 19.3 Å². The third-order valence-corrected chi connectivity index (χ3v) is 2.71. The van der Waals surface area contributed by atoms with Crippen molar-refractivity contribution in [1.82, 2.24) is 0 Å². The molecular formula is C13H14O5. The Hall–Kier alpha value is -2.17. The number of cyclic esters (lactones) is 1. The number of phenolic OH excluding ortho intramolecular Hbond substituents is 1. The molecule has 0 bridgehead atoms. The molecule has 0 spiro atoms. The zero-order chi connectivity index (χ0) is 13.1. The lowest BCUT2D eigenvalue weighted by Crippen LogP contribution is -1.95. The number of benzene rings is 1. The first-order valence-corrected chi connectivity index (χ1v) is 5.48. The molecule has 1 aliphatic rings. The van der Waals surface area contributed by atoms with Crippen molar-refractivity contribution in [2.45, 2.75) is 6.42 Å². The molecule has 0 unspecified atom stereocenters. The monoisotopic (exact) mass is 250 g/mol. The van der Waals surface area contributed by atoms with E-state index in [9.17, 15) is 9.90 Å². The van der Waals surface area contributed by atoms with Gasteiger partial charge in [0.25, 0.3) is 0 Å². The van der Waals surface area contributed by atoms with Crippen LogP contribution >= 0.6 is 0 Å². The largest absolute Gasteiger partial charge is 0.502 e. The molecule has 2 rings (SSSR count). The Kier molecular flexibility index (Phi) is 3.41. The van der Waals surface area contributed by atoms with Gasteiger partial charge in [0, 0.05) is 12.0 Å². The lowest BCUT2D eigenvalue weighted by Gasteiger charge is -2.09. The third kappa shape index (κ3) is 2.25. The highest BCUT2D eigenvalue weighted by Crippen LogP contribution is 2.37. The molecule has 18 heavy (non-hydrogen) atoms. The molecule has 1 aromatic carbocycles. The van der Waals surface area contributed by atoms with Gasteiger partial charge in [-0.05, 0) is 23.8 Å². The summed E-state index contributed by atoms with van der Waals surface area (Å²) in [5, 5.41) is 9.76. The van der Waals surface area contributed by atoms with Crippen molar-refractivity contribution in [3.8, 4) is 17.2 Å². The number of carbonyl (C=O) groups excluding carboxylic acids is 1. The topological polar surface area (TPSA) is 65.0 Å². The summed E-state index contributed by atoms with van der Waals surface area (Å²) in [4.78, 5) is 11.4. The van der Waals surface area contributed by atoms with E-state index < -0.39 is 0 Å². The first-order chi connectivity index (χ1) is 8.65. The predicted molar refractivity (Wildman–Crippen MR) is 64.8 cm³/mol. The molecule has 0 saturated carbocycles. The van der Waals surface area contributed by atoms with E-state index in [1.807, 2.05) is 0 Å². The molecule has 0 radical (unpaired) electrons. The quantitative estimate of drug-likeness (QED) is 0.654. The second-order valence-electron chi connectivity index (χ2n) is 3.83. The second kappa shape index (κ2) is 5.00. The van der Waals surface area contributed by atoms with Crippen LogP contribution in [0.1, 0.15) is 12.0 Å². The average molecular weight is 250 g/mol. The van der Waals surface area contributed by atoms with Crippen molar-refractivity contribution in [3.05, 3.63) is 23.3 Å². The van der Waals surface area contributed by atoms with E-state index in [4.69, 9.17) is 14.2 Å². The van der Waals surface area contributed by atoms with Gasteiger partial charge in [-0.1, -0.05) is 0 Å². The molecule has 1 aromatic rings. The third-order valence-electron chi connectivity index (χ3n) is 2.71. The molecule has 5 nitrogen and oxygen atoms in total. The van der Waals surface area contributed by atoms with Gasteiger partial charge in [0.1, 0.15) is 0 Å². The fourth-order valence-electron chi connectivity index (χ4n) is 1.78. The van der Waals surface area contributed by atoms with Crippen LogP contribution in [-0.2, 0) is 9.53 Å². The van der Waals surface area contributed by atoms with Gasteiger partial charge in [0.05, 0.1) is 20.8 Å². The van der Waals surface area contributed by atoms with Gasteiger partial charge in [0.15, 0.2) is 11.5 Å². The van der Waals surface area contributed by atoms with Crippen LogP contribution in [0, 0.1) is 0 Å². The van der Waals surface area contributed by atoms with Crippen molar-refractivity contribution in [3.63, 3.8) is 0 Å². The standard InChI is InChI=1S/C13H14O5/c1-16-10-6-8(7-11(17-2)12(10)14)5-9-3-4-18-13(9)15/h5-7,14H,3-4H2,1-2H3/b9-5+. The van der Waals surface area contributed by atoms with Crippen LogP contribution in [0.25, 0.3) is 6.08 Å². The van der Waals surface area contributed by atoms with E-state index in [1.54, 1.807) is 18.2 Å². The SMILES string of the molecule is COc1cc(/C=C2\CCOC2=O)cc(OC)c1O. The molecule has 1 aliphatic heterocycles. The van der Waals surface area contributed by atoms with Crippen LogP contribution in [-0.4, -0.2) is 31.9 Å². The Morgan fingerprint density at radius 1 is 1.28 bits per heavy atom. The van der Waals surface area contributed by atoms with Crippen LogP contribution < -0.4 is 9.47 Å². The summed E-state index contributed by atoms with van der Waals surface area (Å²) in [6.45, 7) is 0.414. The van der Waals surface area contributed by atoms with Crippen molar-refractivity contribution < 1.29 is 24.1 Å². The van der Waals surface area contributed by atoms with Crippen LogP contribution in [0.5, 0.6) is 17.2 Å². The van der Waals surface area contributed by atoms with E-state index in [0.29, 0.717) is 30.1 Å². The van der Waals surface area contributed by atoms with E-state index in [-0.39, 0.29) is 11.7 Å². The number of esters is 1. The summed E-state index contributed by atoms with van der Waals surface area (Å²) in [6, 6.07) is 3.27. The second-order valence-corrected chi connectivity index (χ2v) is 3.83. The zero-order valence-electron chi connectivity index (χ0n) is 10.2. The normalized spacial score (nSPS) is 16.8. The molecule has 5 heteroatoms. The Morgan fingerprint density at radius 3 is 2.33 bits per heavy atom. The summed E-state index contributed by atoms with van der Waals surface area (Å²) >= 11 is 0. The van der Waals surface area contributed by atoms with Gasteiger partial charge >= 0.3 is 5.97 Å². The lowest BCUT2D eigenvalue weighted by molar-refractivity contribution is -0.134. The van der Waals surface area contributed by atoms with Gasteiger partial charge in [-0.3, -0.25) is 0 Å². The molecule has 1 saturated heterocycles. The highest BCUT2D eigenvalue weighted by molar-refractivity contribution is 5.95. The number of carbonyl (C=O) groups is 1. The number of phenols is 1. The smallest absolute Gasteiger partial charge is 0.334 e. The summed E-state index contributed by atoms with van der Waals surface area (Å²) < 4.78 is 14.9. The maximum absolute atomic E-state index is 11.4. The minimum absolute atomic E-state index is 0.0591. The minimum Gasteiger partial charge on any atom is -0.502 e. The average Bonchev–Trinajstić information content (AvgIpc) is 2.77. The zero-order valence-corrected chi connectivity index (χ0v) is 10.2. The molecule has 0 aliphatic carbocycles. The predicted octanol–water partition coefficient (Wildman–Crippen LogP) is 1.74. The van der Waals surface area contributed by atoms with Crippen LogP contribution in [0.2, 0.25) is 0 Å². The molecule has 0 amide bonds. The number of rotatable bonds is 3. The maximum atomic E-state index is 11.4. The number of ether oxygens (including phenoxy) is 3. The highest BCUT2D eigenvalue weighted by atomic mass is 16.5. The van der Waals surface area contributed by atoms with Crippen molar-refractivity contribution in [2.75, 3.05) is 20.8 Å². The molecule has 1 heterocycles. The number of methoxy groups -OCH3 is 2. The summed E-state index contributed by atoms with van der Waals surface area (Å²) in [5.74, 6) is 0.234. The Bertz CT molecular complexity index is 479. The molecule has 0 aromatic heterocycles. The van der Waals surface area contributed by atoms with Crippen LogP contribution in [0.3, 0.4) is 0 Å². The highest BCUT2D eigenvalue weighted by Gasteiger charge is 2.19. The molecule has 1 N–H and O–H groups in total. The van der Waals surface area contributed by atoms with Gasteiger partial charge in [0.2, 0.25) is 5.75 Å². The molecular weight excluding hydrogens is 236 g/mol. The molecule has 0 atom stereocenters. The van der Waals surface area contributed by atoms with E-state index in [1.165, 1.54) is 14.2 Å². The van der Waals surface area contributed by atoms with E-state index in [0.717, 1.165) is 5.56 Å². The Balaban J connectivity index is 2.42. The summed E-state index contributed by atoms with van der Waals surface area (Å²) in [7, 11) is 2.91. The lowest BCUT2D eigenvalue weighted by atomic mass is 10.1. The first kappa shape index (κ1) is 12.3.